The highest BCUT2D eigenvalue weighted by Gasteiger charge is 2.32. The van der Waals surface area contributed by atoms with Crippen LogP contribution in [0.2, 0.25) is 0 Å². The fourth-order valence-electron chi connectivity index (χ4n) is 3.18. The number of hydrogen-bond donors (Lipinski definition) is 1. The van der Waals surface area contributed by atoms with Gasteiger partial charge in [0.15, 0.2) is 0 Å². The third kappa shape index (κ3) is 4.39. The van der Waals surface area contributed by atoms with Crippen LogP contribution in [0.4, 0.5) is 18.9 Å². The van der Waals surface area contributed by atoms with Crippen molar-refractivity contribution in [2.24, 2.45) is 5.92 Å². The van der Waals surface area contributed by atoms with E-state index in [4.69, 9.17) is 0 Å². The van der Waals surface area contributed by atoms with Crippen molar-refractivity contribution in [3.05, 3.63) is 29.3 Å². The van der Waals surface area contributed by atoms with E-state index >= 15 is 0 Å². The number of alkyl halides is 3. The quantitative estimate of drug-likeness (QED) is 0.697. The highest BCUT2D eigenvalue weighted by Crippen LogP contribution is 2.34. The summed E-state index contributed by atoms with van der Waals surface area (Å²) in [5.74, 6) is 0.778. The number of nitrogens with one attached hydrogen (secondary N) is 1. The van der Waals surface area contributed by atoms with E-state index in [1.807, 2.05) is 0 Å². The standard InChI is InChI=1S/C17H24F3N/c1-3-13-5-4-6-14(10-8-13)21-15-9-7-12(2)16(11-15)17(18,19)20/h7,9,11,13-14,21H,3-6,8,10H2,1-2H3. The molecule has 0 heterocycles. The van der Waals surface area contributed by atoms with Crippen LogP contribution in [-0.4, -0.2) is 6.04 Å². The van der Waals surface area contributed by atoms with Crippen LogP contribution in [0.1, 0.15) is 56.6 Å². The minimum Gasteiger partial charge on any atom is -0.382 e. The van der Waals surface area contributed by atoms with E-state index in [-0.39, 0.29) is 5.56 Å². The van der Waals surface area contributed by atoms with Gasteiger partial charge in [0.1, 0.15) is 0 Å². The van der Waals surface area contributed by atoms with Crippen molar-refractivity contribution in [2.75, 3.05) is 5.32 Å². The summed E-state index contributed by atoms with van der Waals surface area (Å²) in [6.45, 7) is 3.72. The van der Waals surface area contributed by atoms with E-state index in [0.29, 0.717) is 11.7 Å². The van der Waals surface area contributed by atoms with Crippen LogP contribution in [-0.2, 0) is 6.18 Å². The number of aryl methyl sites for hydroxylation is 1. The zero-order chi connectivity index (χ0) is 15.5. The van der Waals surface area contributed by atoms with Gasteiger partial charge in [-0.25, -0.2) is 0 Å². The summed E-state index contributed by atoms with van der Waals surface area (Å²) < 4.78 is 38.8. The molecule has 1 saturated carbocycles. The molecule has 21 heavy (non-hydrogen) atoms. The van der Waals surface area contributed by atoms with Crippen LogP contribution in [0, 0.1) is 12.8 Å². The summed E-state index contributed by atoms with van der Waals surface area (Å²) in [4.78, 5) is 0. The molecular weight excluding hydrogens is 275 g/mol. The zero-order valence-electron chi connectivity index (χ0n) is 12.8. The van der Waals surface area contributed by atoms with Gasteiger partial charge in [0.2, 0.25) is 0 Å². The molecule has 1 aliphatic rings. The molecule has 0 radical (unpaired) electrons. The Morgan fingerprint density at radius 1 is 1.14 bits per heavy atom. The van der Waals surface area contributed by atoms with Crippen molar-refractivity contribution < 1.29 is 13.2 Å². The second kappa shape index (κ2) is 6.71. The lowest BCUT2D eigenvalue weighted by Crippen LogP contribution is -2.19. The Morgan fingerprint density at radius 2 is 1.90 bits per heavy atom. The molecule has 0 amide bonds. The lowest BCUT2D eigenvalue weighted by atomic mass is 9.98. The van der Waals surface area contributed by atoms with Crippen molar-refractivity contribution in [2.45, 2.75) is 64.6 Å². The first-order chi connectivity index (χ1) is 9.90. The van der Waals surface area contributed by atoms with Gasteiger partial charge in [-0.2, -0.15) is 13.2 Å². The molecule has 0 aromatic heterocycles. The minimum absolute atomic E-state index is 0.278. The molecule has 2 rings (SSSR count). The Balaban J connectivity index is 2.06. The molecule has 1 fully saturated rings. The fourth-order valence-corrected chi connectivity index (χ4v) is 3.18. The molecule has 2 atom stereocenters. The Bertz CT molecular complexity index is 468. The summed E-state index contributed by atoms with van der Waals surface area (Å²) in [7, 11) is 0. The Labute approximate surface area is 124 Å². The summed E-state index contributed by atoms with van der Waals surface area (Å²) in [5, 5.41) is 3.31. The Hall–Kier alpha value is -1.19. The Morgan fingerprint density at radius 3 is 2.57 bits per heavy atom. The first-order valence-electron chi connectivity index (χ1n) is 7.84. The van der Waals surface area contributed by atoms with Gasteiger partial charge in [-0.15, -0.1) is 0 Å². The lowest BCUT2D eigenvalue weighted by molar-refractivity contribution is -0.138. The highest BCUT2D eigenvalue weighted by molar-refractivity contribution is 5.50. The maximum Gasteiger partial charge on any atom is 0.416 e. The largest absolute Gasteiger partial charge is 0.416 e. The van der Waals surface area contributed by atoms with Crippen LogP contribution in [0.3, 0.4) is 0 Å². The van der Waals surface area contributed by atoms with Crippen molar-refractivity contribution in [1.29, 1.82) is 0 Å². The van der Waals surface area contributed by atoms with E-state index < -0.39 is 11.7 Å². The zero-order valence-corrected chi connectivity index (χ0v) is 12.8. The number of rotatable bonds is 3. The van der Waals surface area contributed by atoms with Gasteiger partial charge >= 0.3 is 6.18 Å². The van der Waals surface area contributed by atoms with Gasteiger partial charge in [-0.1, -0.05) is 32.3 Å². The minimum atomic E-state index is -4.28. The third-order valence-corrected chi connectivity index (χ3v) is 4.58. The maximum absolute atomic E-state index is 12.9. The van der Waals surface area contributed by atoms with Crippen LogP contribution in [0.15, 0.2) is 18.2 Å². The molecule has 4 heteroatoms. The van der Waals surface area contributed by atoms with Gasteiger partial charge in [-0.3, -0.25) is 0 Å². The van der Waals surface area contributed by atoms with Gasteiger partial charge < -0.3 is 5.32 Å². The SMILES string of the molecule is CCC1CCCC(Nc2ccc(C)c(C(F)(F)F)c2)CC1. The summed E-state index contributed by atoms with van der Waals surface area (Å²) in [6, 6.07) is 4.85. The summed E-state index contributed by atoms with van der Waals surface area (Å²) in [5.41, 5.74) is 0.334. The first kappa shape index (κ1) is 16.2. The second-order valence-electron chi connectivity index (χ2n) is 6.15. The fraction of sp³-hybridized carbons (Fsp3) is 0.647. The predicted molar refractivity (Wildman–Crippen MR) is 80.5 cm³/mol. The number of anilines is 1. The Kier molecular flexibility index (Phi) is 5.17. The number of benzene rings is 1. The van der Waals surface area contributed by atoms with Crippen molar-refractivity contribution in [3.63, 3.8) is 0 Å². The number of hydrogen-bond acceptors (Lipinski definition) is 1. The van der Waals surface area contributed by atoms with Gasteiger partial charge in [0, 0.05) is 11.7 Å². The molecule has 1 N–H and O–H groups in total. The number of halogens is 3. The van der Waals surface area contributed by atoms with Gasteiger partial charge in [0.25, 0.3) is 0 Å². The predicted octanol–water partition coefficient (Wildman–Crippen LogP) is 5.78. The molecule has 118 valence electrons. The van der Waals surface area contributed by atoms with Crippen LogP contribution < -0.4 is 5.32 Å². The molecule has 1 aromatic carbocycles. The smallest absolute Gasteiger partial charge is 0.382 e. The molecule has 1 nitrogen and oxygen atoms in total. The van der Waals surface area contributed by atoms with Crippen molar-refractivity contribution in [3.8, 4) is 0 Å². The van der Waals surface area contributed by atoms with Gasteiger partial charge in [0.05, 0.1) is 5.56 Å². The first-order valence-corrected chi connectivity index (χ1v) is 7.84. The van der Waals surface area contributed by atoms with Crippen LogP contribution in [0.25, 0.3) is 0 Å². The van der Waals surface area contributed by atoms with Crippen LogP contribution in [0.5, 0.6) is 0 Å². The molecule has 2 unspecified atom stereocenters. The van der Waals surface area contributed by atoms with E-state index in [1.165, 1.54) is 32.3 Å². The average Bonchev–Trinajstić information content (AvgIpc) is 2.65. The molecule has 0 aliphatic heterocycles. The molecule has 0 saturated heterocycles. The third-order valence-electron chi connectivity index (χ3n) is 4.58. The average molecular weight is 299 g/mol. The molecule has 1 aromatic rings. The monoisotopic (exact) mass is 299 g/mol. The normalized spacial score (nSPS) is 23.7. The summed E-state index contributed by atoms with van der Waals surface area (Å²) in [6.07, 6.45) is 2.60. The van der Waals surface area contributed by atoms with E-state index in [9.17, 15) is 13.2 Å². The van der Waals surface area contributed by atoms with Crippen molar-refractivity contribution in [1.82, 2.24) is 0 Å². The second-order valence-corrected chi connectivity index (χ2v) is 6.15. The molecule has 0 bridgehead atoms. The summed E-state index contributed by atoms with van der Waals surface area (Å²) >= 11 is 0. The van der Waals surface area contributed by atoms with E-state index in [0.717, 1.165) is 25.2 Å². The lowest BCUT2D eigenvalue weighted by Gasteiger charge is -2.20. The molecular formula is C17H24F3N. The van der Waals surface area contributed by atoms with E-state index in [2.05, 4.69) is 12.2 Å². The van der Waals surface area contributed by atoms with E-state index in [1.54, 1.807) is 12.1 Å². The molecule has 0 spiro atoms. The molecule has 1 aliphatic carbocycles. The highest BCUT2D eigenvalue weighted by atomic mass is 19.4. The van der Waals surface area contributed by atoms with Gasteiger partial charge in [-0.05, 0) is 49.8 Å². The van der Waals surface area contributed by atoms with Crippen molar-refractivity contribution >= 4 is 5.69 Å². The maximum atomic E-state index is 12.9. The van der Waals surface area contributed by atoms with Crippen LogP contribution >= 0.6 is 0 Å². The topological polar surface area (TPSA) is 12.0 Å².